The van der Waals surface area contributed by atoms with Crippen molar-refractivity contribution >= 4 is 16.8 Å². The van der Waals surface area contributed by atoms with Crippen LogP contribution < -0.4 is 5.32 Å². The summed E-state index contributed by atoms with van der Waals surface area (Å²) < 4.78 is 7.43. The number of amides is 1. The van der Waals surface area contributed by atoms with Crippen LogP contribution in [0.1, 0.15) is 34.5 Å². The number of aliphatic hydroxyl groups excluding tert-OH is 1. The maximum atomic E-state index is 12.4. The number of hydrogen-bond acceptors (Lipinski definition) is 3. The Balaban J connectivity index is 1.83. The highest BCUT2D eigenvalue weighted by molar-refractivity contribution is 5.99. The molecule has 5 nitrogen and oxygen atoms in total. The van der Waals surface area contributed by atoms with Crippen molar-refractivity contribution in [3.63, 3.8) is 0 Å². The first-order valence-electron chi connectivity index (χ1n) is 8.49. The summed E-state index contributed by atoms with van der Waals surface area (Å²) in [4.78, 5) is 12.4. The molecular weight excluding hydrogens is 304 g/mol. The van der Waals surface area contributed by atoms with Crippen molar-refractivity contribution in [2.24, 2.45) is 5.41 Å². The van der Waals surface area contributed by atoms with Crippen LogP contribution in [0.4, 0.5) is 0 Å². The third-order valence-corrected chi connectivity index (χ3v) is 5.34. The van der Waals surface area contributed by atoms with E-state index in [1.54, 1.807) is 7.11 Å². The molecule has 2 N–H and O–H groups in total. The van der Waals surface area contributed by atoms with Crippen LogP contribution in [-0.4, -0.2) is 42.4 Å². The molecule has 1 aromatic heterocycles. The molecule has 0 bridgehead atoms. The van der Waals surface area contributed by atoms with Crippen LogP contribution in [0.2, 0.25) is 0 Å². The number of methoxy groups -OCH3 is 1. The highest BCUT2D eigenvalue weighted by Gasteiger charge is 2.42. The largest absolute Gasteiger partial charge is 0.396 e. The minimum Gasteiger partial charge on any atom is -0.396 e. The van der Waals surface area contributed by atoms with Crippen LogP contribution in [0.25, 0.3) is 10.9 Å². The zero-order chi connectivity index (χ0) is 17.3. The molecule has 1 amide bonds. The maximum Gasteiger partial charge on any atom is 0.251 e. The van der Waals surface area contributed by atoms with E-state index in [-0.39, 0.29) is 17.9 Å². The molecule has 1 aliphatic carbocycles. The van der Waals surface area contributed by atoms with Gasteiger partial charge >= 0.3 is 0 Å². The number of aromatic nitrogens is 1. The van der Waals surface area contributed by atoms with Crippen LogP contribution in [0, 0.1) is 19.3 Å². The molecule has 1 aliphatic rings. The van der Waals surface area contributed by atoms with Gasteiger partial charge in [0.25, 0.3) is 5.91 Å². The lowest BCUT2D eigenvalue weighted by Gasteiger charge is -2.13. The second-order valence-corrected chi connectivity index (χ2v) is 6.93. The monoisotopic (exact) mass is 330 g/mol. The third kappa shape index (κ3) is 3.06. The number of carbonyl (C=O) groups is 1. The van der Waals surface area contributed by atoms with Crippen molar-refractivity contribution in [2.75, 3.05) is 26.9 Å². The van der Waals surface area contributed by atoms with E-state index in [1.165, 1.54) is 11.3 Å². The van der Waals surface area contributed by atoms with Gasteiger partial charge in [-0.3, -0.25) is 4.79 Å². The summed E-state index contributed by atoms with van der Waals surface area (Å²) >= 11 is 0. The highest BCUT2D eigenvalue weighted by atomic mass is 16.5. The number of benzene rings is 1. The van der Waals surface area contributed by atoms with Crippen LogP contribution in [0.15, 0.2) is 18.2 Å². The molecule has 0 aliphatic heterocycles. The van der Waals surface area contributed by atoms with Crippen molar-refractivity contribution in [1.29, 1.82) is 0 Å². The number of fused-ring (bicyclic) bond motifs is 1. The van der Waals surface area contributed by atoms with Gasteiger partial charge in [-0.1, -0.05) is 0 Å². The van der Waals surface area contributed by atoms with Crippen LogP contribution in [0.5, 0.6) is 0 Å². The van der Waals surface area contributed by atoms with E-state index in [1.807, 2.05) is 18.2 Å². The van der Waals surface area contributed by atoms with E-state index in [9.17, 15) is 9.90 Å². The van der Waals surface area contributed by atoms with Crippen molar-refractivity contribution in [1.82, 2.24) is 9.88 Å². The summed E-state index contributed by atoms with van der Waals surface area (Å²) in [5.41, 5.74) is 4.13. The van der Waals surface area contributed by atoms with E-state index in [0.29, 0.717) is 18.7 Å². The molecule has 2 aromatic rings. The summed E-state index contributed by atoms with van der Waals surface area (Å²) in [5.74, 6) is -0.0710. The Labute approximate surface area is 142 Å². The van der Waals surface area contributed by atoms with Crippen LogP contribution in [0.3, 0.4) is 0 Å². The lowest BCUT2D eigenvalue weighted by molar-refractivity contribution is 0.0935. The standard InChI is InChI=1S/C19H26N2O3/c1-13-14(2)21(8-9-24-3)17-5-4-15(10-16(13)17)18(23)20-11-19(12-22)6-7-19/h4-5,10,22H,6-9,11-12H2,1-3H3,(H,20,23). The van der Waals surface area contributed by atoms with Crippen molar-refractivity contribution in [3.8, 4) is 0 Å². The SMILES string of the molecule is COCCn1c(C)c(C)c2cc(C(=O)NCC3(CO)CC3)ccc21. The minimum absolute atomic E-state index is 0.0710. The van der Waals surface area contributed by atoms with Gasteiger partial charge in [-0.2, -0.15) is 0 Å². The number of nitrogens with zero attached hydrogens (tertiary/aromatic N) is 1. The first-order valence-corrected chi connectivity index (χ1v) is 8.49. The number of nitrogens with one attached hydrogen (secondary N) is 1. The van der Waals surface area contributed by atoms with Gasteiger partial charge in [0.2, 0.25) is 0 Å². The Morgan fingerprint density at radius 3 is 2.75 bits per heavy atom. The summed E-state index contributed by atoms with van der Waals surface area (Å²) in [6, 6.07) is 5.85. The van der Waals surface area contributed by atoms with Gasteiger partial charge in [-0.15, -0.1) is 0 Å². The van der Waals surface area contributed by atoms with E-state index < -0.39 is 0 Å². The van der Waals surface area contributed by atoms with Crippen molar-refractivity contribution in [2.45, 2.75) is 33.2 Å². The van der Waals surface area contributed by atoms with E-state index in [4.69, 9.17) is 4.74 Å². The Morgan fingerprint density at radius 1 is 1.38 bits per heavy atom. The summed E-state index contributed by atoms with van der Waals surface area (Å²) in [5, 5.41) is 13.4. The quantitative estimate of drug-likeness (QED) is 0.819. The van der Waals surface area contributed by atoms with Gasteiger partial charge in [0.15, 0.2) is 0 Å². The molecule has 5 heteroatoms. The fraction of sp³-hybridized carbons (Fsp3) is 0.526. The maximum absolute atomic E-state index is 12.4. The predicted octanol–water partition coefficient (Wildman–Crippen LogP) is 2.41. The Kier molecular flexibility index (Phi) is 4.65. The lowest BCUT2D eigenvalue weighted by atomic mass is 10.1. The zero-order valence-corrected chi connectivity index (χ0v) is 14.7. The van der Waals surface area contributed by atoms with Gasteiger partial charge in [-0.05, 0) is 50.5 Å². The molecule has 1 saturated carbocycles. The third-order valence-electron chi connectivity index (χ3n) is 5.34. The summed E-state index contributed by atoms with van der Waals surface area (Å²) in [7, 11) is 1.70. The number of ether oxygens (including phenoxy) is 1. The number of carbonyl (C=O) groups excluding carboxylic acids is 1. The Hall–Kier alpha value is -1.85. The molecule has 130 valence electrons. The average molecular weight is 330 g/mol. The average Bonchev–Trinajstić information content (AvgIpc) is 3.35. The molecule has 0 radical (unpaired) electrons. The first-order chi connectivity index (χ1) is 11.5. The number of aryl methyl sites for hydroxylation is 1. The van der Waals surface area contributed by atoms with Gasteiger partial charge in [0.1, 0.15) is 0 Å². The number of aliphatic hydroxyl groups is 1. The fourth-order valence-corrected chi connectivity index (χ4v) is 3.20. The van der Waals surface area contributed by atoms with Crippen LogP contribution in [-0.2, 0) is 11.3 Å². The normalized spacial score (nSPS) is 15.7. The van der Waals surface area contributed by atoms with E-state index in [2.05, 4.69) is 23.7 Å². The van der Waals surface area contributed by atoms with E-state index in [0.717, 1.165) is 30.3 Å². The molecule has 1 heterocycles. The second kappa shape index (κ2) is 6.57. The highest BCUT2D eigenvalue weighted by Crippen LogP contribution is 2.44. The molecule has 0 saturated heterocycles. The topological polar surface area (TPSA) is 63.5 Å². The van der Waals surface area contributed by atoms with Crippen LogP contribution >= 0.6 is 0 Å². The fourth-order valence-electron chi connectivity index (χ4n) is 3.20. The molecule has 1 fully saturated rings. The van der Waals surface area contributed by atoms with Gasteiger partial charge < -0.3 is 19.7 Å². The summed E-state index contributed by atoms with van der Waals surface area (Å²) in [6.07, 6.45) is 1.98. The van der Waals surface area contributed by atoms with Gasteiger partial charge in [0.05, 0.1) is 13.2 Å². The molecule has 24 heavy (non-hydrogen) atoms. The molecular formula is C19H26N2O3. The number of hydrogen-bond donors (Lipinski definition) is 2. The smallest absolute Gasteiger partial charge is 0.251 e. The van der Waals surface area contributed by atoms with Crippen molar-refractivity contribution in [3.05, 3.63) is 35.0 Å². The Bertz CT molecular complexity index is 760. The zero-order valence-electron chi connectivity index (χ0n) is 14.7. The van der Waals surface area contributed by atoms with Gasteiger partial charge in [0, 0.05) is 47.8 Å². The molecule has 0 spiro atoms. The second-order valence-electron chi connectivity index (χ2n) is 6.93. The molecule has 0 atom stereocenters. The molecule has 1 aromatic carbocycles. The Morgan fingerprint density at radius 2 is 2.12 bits per heavy atom. The summed E-state index contributed by atoms with van der Waals surface area (Å²) in [6.45, 7) is 6.35. The molecule has 0 unspecified atom stereocenters. The molecule has 3 rings (SSSR count). The predicted molar refractivity (Wildman–Crippen MR) is 94.4 cm³/mol. The van der Waals surface area contributed by atoms with Crippen molar-refractivity contribution < 1.29 is 14.6 Å². The lowest BCUT2D eigenvalue weighted by Crippen LogP contribution is -2.31. The minimum atomic E-state index is -0.0737. The van der Waals surface area contributed by atoms with Gasteiger partial charge in [-0.25, -0.2) is 0 Å². The van der Waals surface area contributed by atoms with E-state index >= 15 is 0 Å². The number of rotatable bonds is 7. The first kappa shape index (κ1) is 17.0.